The molecule has 0 radical (unpaired) electrons. The lowest BCUT2D eigenvalue weighted by atomic mass is 10.8. The lowest BCUT2D eigenvalue weighted by Crippen LogP contribution is -2.14. The van der Waals surface area contributed by atoms with Crippen LogP contribution in [0, 0.1) is 0 Å². The van der Waals surface area contributed by atoms with Gasteiger partial charge in [-0.05, 0) is 0 Å². The summed E-state index contributed by atoms with van der Waals surface area (Å²) < 4.78 is 35.0. The molecule has 66 valence electrons. The summed E-state index contributed by atoms with van der Waals surface area (Å²) in [7, 11) is -4.59. The number of esters is 1. The highest BCUT2D eigenvalue weighted by atomic mass is 32.3. The van der Waals surface area contributed by atoms with Gasteiger partial charge in [-0.25, -0.2) is 8.98 Å². The molecule has 0 aliphatic carbocycles. The fourth-order valence-electron chi connectivity index (χ4n) is 0.196. The maximum absolute atomic E-state index is 10.1. The zero-order valence-corrected chi connectivity index (χ0v) is 6.07. The molecular formula is C3H6O7S. The van der Waals surface area contributed by atoms with Gasteiger partial charge < -0.3 is 9.84 Å². The van der Waals surface area contributed by atoms with Crippen molar-refractivity contribution in [2.45, 2.75) is 0 Å². The van der Waals surface area contributed by atoms with Crippen LogP contribution in [0.3, 0.4) is 0 Å². The predicted octanol–water partition coefficient (Wildman–Crippen LogP) is -1.70. The van der Waals surface area contributed by atoms with Gasteiger partial charge in [0.25, 0.3) is 0 Å². The van der Waals surface area contributed by atoms with E-state index in [0.29, 0.717) is 0 Å². The molecule has 0 bridgehead atoms. The van der Waals surface area contributed by atoms with E-state index >= 15 is 0 Å². The van der Waals surface area contributed by atoms with Crippen molar-refractivity contribution in [3.05, 3.63) is 0 Å². The Morgan fingerprint density at radius 3 is 2.36 bits per heavy atom. The molecule has 0 spiro atoms. The number of aliphatic hydroxyl groups is 1. The van der Waals surface area contributed by atoms with Crippen molar-refractivity contribution in [2.75, 3.05) is 13.4 Å². The second-order valence-electron chi connectivity index (χ2n) is 1.34. The van der Waals surface area contributed by atoms with Gasteiger partial charge in [0.2, 0.25) is 6.79 Å². The minimum absolute atomic E-state index is 0.880. The summed E-state index contributed by atoms with van der Waals surface area (Å²) in [5, 5.41) is 8.02. The zero-order valence-electron chi connectivity index (χ0n) is 5.26. The van der Waals surface area contributed by atoms with Gasteiger partial charge in [0, 0.05) is 0 Å². The van der Waals surface area contributed by atoms with E-state index in [4.69, 9.17) is 9.66 Å². The topological polar surface area (TPSA) is 110 Å². The SMILES string of the molecule is O=C(CO)OCOS(=O)(=O)O. The summed E-state index contributed by atoms with van der Waals surface area (Å²) in [6.45, 7) is -1.83. The van der Waals surface area contributed by atoms with E-state index in [9.17, 15) is 13.2 Å². The Balaban J connectivity index is 3.51. The molecule has 0 aromatic heterocycles. The van der Waals surface area contributed by atoms with Crippen LogP contribution in [0.15, 0.2) is 0 Å². The van der Waals surface area contributed by atoms with Crippen LogP contribution in [0.5, 0.6) is 0 Å². The van der Waals surface area contributed by atoms with Crippen LogP contribution in [0.2, 0.25) is 0 Å². The van der Waals surface area contributed by atoms with Crippen LogP contribution in [-0.4, -0.2) is 37.4 Å². The number of aliphatic hydroxyl groups excluding tert-OH is 1. The maximum Gasteiger partial charge on any atom is 0.400 e. The monoisotopic (exact) mass is 186 g/mol. The Kier molecular flexibility index (Phi) is 3.97. The van der Waals surface area contributed by atoms with E-state index < -0.39 is 29.8 Å². The van der Waals surface area contributed by atoms with Crippen molar-refractivity contribution < 1.29 is 31.8 Å². The van der Waals surface area contributed by atoms with Crippen LogP contribution < -0.4 is 0 Å². The summed E-state index contributed by atoms with van der Waals surface area (Å²) in [4.78, 5) is 10.1. The summed E-state index contributed by atoms with van der Waals surface area (Å²) in [6.07, 6.45) is 0. The molecule has 2 N–H and O–H groups in total. The summed E-state index contributed by atoms with van der Waals surface area (Å²) >= 11 is 0. The molecule has 0 unspecified atom stereocenters. The van der Waals surface area contributed by atoms with Crippen molar-refractivity contribution in [3.63, 3.8) is 0 Å². The Morgan fingerprint density at radius 1 is 1.45 bits per heavy atom. The van der Waals surface area contributed by atoms with E-state index in [2.05, 4.69) is 8.92 Å². The normalized spacial score (nSPS) is 11.1. The molecule has 0 saturated carbocycles. The zero-order chi connectivity index (χ0) is 8.91. The molecule has 7 nitrogen and oxygen atoms in total. The summed E-state index contributed by atoms with van der Waals surface area (Å²) in [6, 6.07) is 0. The van der Waals surface area contributed by atoms with Gasteiger partial charge in [0.15, 0.2) is 0 Å². The molecule has 0 aliphatic rings. The number of hydrogen-bond donors (Lipinski definition) is 2. The van der Waals surface area contributed by atoms with Gasteiger partial charge in [-0.15, -0.1) is 0 Å². The third kappa shape index (κ3) is 7.19. The molecule has 0 atom stereocenters. The average molecular weight is 186 g/mol. The van der Waals surface area contributed by atoms with Gasteiger partial charge in [-0.3, -0.25) is 4.55 Å². The number of carbonyl (C=O) groups is 1. The molecule has 11 heavy (non-hydrogen) atoms. The first-order valence-electron chi connectivity index (χ1n) is 2.34. The molecule has 0 saturated heterocycles. The van der Waals surface area contributed by atoms with Gasteiger partial charge in [0.05, 0.1) is 0 Å². The lowest BCUT2D eigenvalue weighted by Gasteiger charge is -1.99. The average Bonchev–Trinajstić information content (AvgIpc) is 1.85. The highest BCUT2D eigenvalue weighted by Crippen LogP contribution is 1.86. The molecule has 0 fully saturated rings. The van der Waals surface area contributed by atoms with Gasteiger partial charge in [0.1, 0.15) is 6.61 Å². The Hall–Kier alpha value is -0.700. The van der Waals surface area contributed by atoms with Crippen molar-refractivity contribution in [1.82, 2.24) is 0 Å². The van der Waals surface area contributed by atoms with E-state index in [0.717, 1.165) is 0 Å². The van der Waals surface area contributed by atoms with Crippen molar-refractivity contribution in [1.29, 1.82) is 0 Å². The molecule has 0 aliphatic heterocycles. The number of hydrogen-bond acceptors (Lipinski definition) is 6. The Bertz CT molecular complexity index is 216. The third-order valence-corrected chi connectivity index (χ3v) is 0.940. The summed E-state index contributed by atoms with van der Waals surface area (Å²) in [5.41, 5.74) is 0. The van der Waals surface area contributed by atoms with E-state index in [1.54, 1.807) is 0 Å². The van der Waals surface area contributed by atoms with Gasteiger partial charge >= 0.3 is 16.4 Å². The fourth-order valence-corrected chi connectivity index (χ4v) is 0.366. The predicted molar refractivity (Wildman–Crippen MR) is 30.7 cm³/mol. The van der Waals surface area contributed by atoms with Crippen LogP contribution >= 0.6 is 0 Å². The second-order valence-corrected chi connectivity index (χ2v) is 2.43. The smallest absolute Gasteiger partial charge is 0.400 e. The highest BCUT2D eigenvalue weighted by Gasteiger charge is 2.05. The van der Waals surface area contributed by atoms with Gasteiger partial charge in [-0.2, -0.15) is 8.42 Å². The molecular weight excluding hydrogens is 180 g/mol. The standard InChI is InChI=1S/C3H6O7S/c4-1-3(5)9-2-10-11(6,7)8/h4H,1-2H2,(H,6,7,8). The van der Waals surface area contributed by atoms with Crippen LogP contribution in [0.4, 0.5) is 0 Å². The first-order valence-corrected chi connectivity index (χ1v) is 3.70. The van der Waals surface area contributed by atoms with Crippen molar-refractivity contribution >= 4 is 16.4 Å². The number of carbonyl (C=O) groups excluding carboxylic acids is 1. The van der Waals surface area contributed by atoms with E-state index in [-0.39, 0.29) is 0 Å². The first-order chi connectivity index (χ1) is 4.95. The molecule has 0 rings (SSSR count). The quantitative estimate of drug-likeness (QED) is 0.306. The molecule has 8 heteroatoms. The highest BCUT2D eigenvalue weighted by molar-refractivity contribution is 7.80. The summed E-state index contributed by atoms with van der Waals surface area (Å²) in [5.74, 6) is -1.05. The fraction of sp³-hybridized carbons (Fsp3) is 0.667. The number of ether oxygens (including phenoxy) is 1. The van der Waals surface area contributed by atoms with Crippen LogP contribution in [0.1, 0.15) is 0 Å². The van der Waals surface area contributed by atoms with E-state index in [1.165, 1.54) is 0 Å². The van der Waals surface area contributed by atoms with Crippen LogP contribution in [0.25, 0.3) is 0 Å². The Labute approximate surface area is 62.5 Å². The van der Waals surface area contributed by atoms with Crippen LogP contribution in [-0.2, 0) is 24.1 Å². The molecule has 0 amide bonds. The minimum Gasteiger partial charge on any atom is -0.435 e. The van der Waals surface area contributed by atoms with Gasteiger partial charge in [-0.1, -0.05) is 0 Å². The maximum atomic E-state index is 10.1. The number of rotatable bonds is 4. The third-order valence-electron chi connectivity index (χ3n) is 0.546. The first kappa shape index (κ1) is 10.3. The molecule has 0 aromatic rings. The lowest BCUT2D eigenvalue weighted by molar-refractivity contribution is -0.153. The minimum atomic E-state index is -4.59. The van der Waals surface area contributed by atoms with E-state index in [1.807, 2.05) is 0 Å². The molecule has 0 heterocycles. The van der Waals surface area contributed by atoms with Crippen molar-refractivity contribution in [2.24, 2.45) is 0 Å². The van der Waals surface area contributed by atoms with Crippen molar-refractivity contribution in [3.8, 4) is 0 Å². The largest absolute Gasteiger partial charge is 0.435 e. The Morgan fingerprint density at radius 2 is 2.00 bits per heavy atom. The molecule has 0 aromatic carbocycles. The second kappa shape index (κ2) is 4.23.